The van der Waals surface area contributed by atoms with E-state index in [1.54, 1.807) is 0 Å². The molecule has 0 spiro atoms. The highest BCUT2D eigenvalue weighted by Gasteiger charge is 1.97. The molecule has 0 radical (unpaired) electrons. The van der Waals surface area contributed by atoms with Gasteiger partial charge in [-0.25, -0.2) is 0 Å². The lowest BCUT2D eigenvalue weighted by Gasteiger charge is -1.99. The van der Waals surface area contributed by atoms with Gasteiger partial charge in [-0.05, 0) is 24.3 Å². The molecule has 2 heteroatoms. The van der Waals surface area contributed by atoms with E-state index in [9.17, 15) is 0 Å². The first-order valence-corrected chi connectivity index (χ1v) is 4.53. The van der Waals surface area contributed by atoms with Crippen molar-refractivity contribution in [1.82, 2.24) is 9.97 Å². The van der Waals surface area contributed by atoms with Crippen LogP contribution in [0.3, 0.4) is 0 Å². The SMILES string of the molecule is c1cnc2cc3cccnc3cc2c1. The Kier molecular flexibility index (Phi) is 1.47. The number of pyridine rings is 2. The van der Waals surface area contributed by atoms with Crippen molar-refractivity contribution in [2.24, 2.45) is 0 Å². The van der Waals surface area contributed by atoms with Gasteiger partial charge in [0.05, 0.1) is 11.0 Å². The topological polar surface area (TPSA) is 25.8 Å². The second kappa shape index (κ2) is 2.77. The average Bonchev–Trinajstić information content (AvgIpc) is 2.26. The average molecular weight is 180 g/mol. The Bertz CT molecular complexity index is 497. The van der Waals surface area contributed by atoms with E-state index in [2.05, 4.69) is 34.2 Å². The largest absolute Gasteiger partial charge is 0.256 e. The molecule has 1 aromatic carbocycles. The maximum atomic E-state index is 4.30. The lowest BCUT2D eigenvalue weighted by atomic mass is 10.1. The molecule has 0 aliphatic rings. The van der Waals surface area contributed by atoms with Crippen LogP contribution in [0.5, 0.6) is 0 Å². The predicted molar refractivity (Wildman–Crippen MR) is 57.0 cm³/mol. The maximum absolute atomic E-state index is 4.30. The molecule has 0 amide bonds. The van der Waals surface area contributed by atoms with Crippen LogP contribution < -0.4 is 0 Å². The van der Waals surface area contributed by atoms with Crippen molar-refractivity contribution in [1.29, 1.82) is 0 Å². The molecular formula is C12H8N2. The molecule has 0 N–H and O–H groups in total. The third kappa shape index (κ3) is 1.04. The Balaban J connectivity index is 2.52. The molecule has 0 atom stereocenters. The van der Waals surface area contributed by atoms with E-state index in [1.807, 2.05) is 24.5 Å². The van der Waals surface area contributed by atoms with E-state index in [1.165, 1.54) is 0 Å². The molecular weight excluding hydrogens is 172 g/mol. The zero-order chi connectivity index (χ0) is 9.38. The van der Waals surface area contributed by atoms with Crippen LogP contribution in [0.25, 0.3) is 21.8 Å². The zero-order valence-electron chi connectivity index (χ0n) is 7.51. The van der Waals surface area contributed by atoms with E-state index in [0.717, 1.165) is 21.8 Å². The van der Waals surface area contributed by atoms with Gasteiger partial charge in [-0.3, -0.25) is 9.97 Å². The molecule has 0 unspecified atom stereocenters. The second-order valence-corrected chi connectivity index (χ2v) is 3.24. The van der Waals surface area contributed by atoms with Crippen molar-refractivity contribution in [3.05, 3.63) is 48.8 Å². The molecule has 0 saturated carbocycles. The summed E-state index contributed by atoms with van der Waals surface area (Å²) >= 11 is 0. The van der Waals surface area contributed by atoms with Crippen molar-refractivity contribution in [3.63, 3.8) is 0 Å². The first-order chi connectivity index (χ1) is 6.93. The number of nitrogens with zero attached hydrogens (tertiary/aromatic N) is 2. The van der Waals surface area contributed by atoms with Crippen LogP contribution in [0.1, 0.15) is 0 Å². The summed E-state index contributed by atoms with van der Waals surface area (Å²) in [6.45, 7) is 0. The molecule has 3 aromatic rings. The van der Waals surface area contributed by atoms with Crippen molar-refractivity contribution < 1.29 is 0 Å². The quantitative estimate of drug-likeness (QED) is 0.497. The number of hydrogen-bond acceptors (Lipinski definition) is 2. The smallest absolute Gasteiger partial charge is 0.0709 e. The molecule has 2 heterocycles. The third-order valence-corrected chi connectivity index (χ3v) is 2.33. The van der Waals surface area contributed by atoms with Gasteiger partial charge in [0, 0.05) is 23.2 Å². The van der Waals surface area contributed by atoms with Crippen LogP contribution in [-0.4, -0.2) is 9.97 Å². The summed E-state index contributed by atoms with van der Waals surface area (Å²) in [4.78, 5) is 8.61. The monoisotopic (exact) mass is 180 g/mol. The van der Waals surface area contributed by atoms with Gasteiger partial charge in [0.15, 0.2) is 0 Å². The van der Waals surface area contributed by atoms with Crippen LogP contribution in [0.2, 0.25) is 0 Å². The molecule has 3 rings (SSSR count). The van der Waals surface area contributed by atoms with Gasteiger partial charge >= 0.3 is 0 Å². The molecule has 2 aromatic heterocycles. The third-order valence-electron chi connectivity index (χ3n) is 2.33. The molecule has 14 heavy (non-hydrogen) atoms. The molecule has 66 valence electrons. The molecule has 0 aliphatic heterocycles. The fourth-order valence-electron chi connectivity index (χ4n) is 1.64. The summed E-state index contributed by atoms with van der Waals surface area (Å²) in [5.41, 5.74) is 2.04. The lowest BCUT2D eigenvalue weighted by Crippen LogP contribution is -1.81. The zero-order valence-corrected chi connectivity index (χ0v) is 7.51. The molecule has 0 bridgehead atoms. The summed E-state index contributed by atoms with van der Waals surface area (Å²) in [7, 11) is 0. The first kappa shape index (κ1) is 7.44. The fourth-order valence-corrected chi connectivity index (χ4v) is 1.64. The molecule has 0 aliphatic carbocycles. The lowest BCUT2D eigenvalue weighted by molar-refractivity contribution is 1.39. The minimum absolute atomic E-state index is 1.02. The normalized spacial score (nSPS) is 10.9. The van der Waals surface area contributed by atoms with Gasteiger partial charge in [0.2, 0.25) is 0 Å². The molecule has 0 fully saturated rings. The van der Waals surface area contributed by atoms with E-state index < -0.39 is 0 Å². The fraction of sp³-hybridized carbons (Fsp3) is 0. The van der Waals surface area contributed by atoms with E-state index in [4.69, 9.17) is 0 Å². The summed E-state index contributed by atoms with van der Waals surface area (Å²) in [5, 5.41) is 2.28. The van der Waals surface area contributed by atoms with Crippen LogP contribution >= 0.6 is 0 Å². The Hall–Kier alpha value is -1.96. The van der Waals surface area contributed by atoms with E-state index in [0.29, 0.717) is 0 Å². The van der Waals surface area contributed by atoms with Crippen LogP contribution in [0.4, 0.5) is 0 Å². The van der Waals surface area contributed by atoms with Gasteiger partial charge in [-0.1, -0.05) is 12.1 Å². The van der Waals surface area contributed by atoms with Crippen molar-refractivity contribution in [3.8, 4) is 0 Å². The second-order valence-electron chi connectivity index (χ2n) is 3.24. The summed E-state index contributed by atoms with van der Waals surface area (Å²) in [5.74, 6) is 0. The summed E-state index contributed by atoms with van der Waals surface area (Å²) < 4.78 is 0. The van der Waals surface area contributed by atoms with Crippen LogP contribution in [0, 0.1) is 0 Å². The van der Waals surface area contributed by atoms with Crippen molar-refractivity contribution in [2.75, 3.05) is 0 Å². The highest BCUT2D eigenvalue weighted by Crippen LogP contribution is 2.18. The molecule has 0 saturated heterocycles. The Morgan fingerprint density at radius 2 is 1.21 bits per heavy atom. The van der Waals surface area contributed by atoms with Crippen LogP contribution in [-0.2, 0) is 0 Å². The maximum Gasteiger partial charge on any atom is 0.0709 e. The molecule has 2 nitrogen and oxygen atoms in total. The highest BCUT2D eigenvalue weighted by atomic mass is 14.7. The number of aromatic nitrogens is 2. The minimum atomic E-state index is 1.02. The number of hydrogen-bond donors (Lipinski definition) is 0. The standard InChI is InChI=1S/C12H8N2/c1-3-9-7-12-10(4-2-6-14-12)8-11(9)13-5-1/h1-8H. The highest BCUT2D eigenvalue weighted by molar-refractivity contribution is 5.94. The predicted octanol–water partition coefficient (Wildman–Crippen LogP) is 2.78. The van der Waals surface area contributed by atoms with Crippen LogP contribution in [0.15, 0.2) is 48.8 Å². The van der Waals surface area contributed by atoms with Gasteiger partial charge in [-0.2, -0.15) is 0 Å². The van der Waals surface area contributed by atoms with Crippen molar-refractivity contribution in [2.45, 2.75) is 0 Å². The minimum Gasteiger partial charge on any atom is -0.256 e. The number of rotatable bonds is 0. The van der Waals surface area contributed by atoms with Gasteiger partial charge in [0.25, 0.3) is 0 Å². The number of fused-ring (bicyclic) bond motifs is 2. The first-order valence-electron chi connectivity index (χ1n) is 4.53. The van der Waals surface area contributed by atoms with E-state index in [-0.39, 0.29) is 0 Å². The van der Waals surface area contributed by atoms with E-state index >= 15 is 0 Å². The van der Waals surface area contributed by atoms with Gasteiger partial charge in [0.1, 0.15) is 0 Å². The Labute approximate surface area is 81.2 Å². The Morgan fingerprint density at radius 1 is 0.714 bits per heavy atom. The van der Waals surface area contributed by atoms with Crippen molar-refractivity contribution >= 4 is 21.8 Å². The number of benzene rings is 1. The van der Waals surface area contributed by atoms with Gasteiger partial charge < -0.3 is 0 Å². The summed E-state index contributed by atoms with van der Waals surface area (Å²) in [6, 6.07) is 12.1. The summed E-state index contributed by atoms with van der Waals surface area (Å²) in [6.07, 6.45) is 3.62. The van der Waals surface area contributed by atoms with Gasteiger partial charge in [-0.15, -0.1) is 0 Å². The Morgan fingerprint density at radius 3 is 1.71 bits per heavy atom.